The molecule has 0 radical (unpaired) electrons. The van der Waals surface area contributed by atoms with Crippen molar-refractivity contribution < 1.29 is 9.53 Å². The van der Waals surface area contributed by atoms with E-state index in [4.69, 9.17) is 4.74 Å². The summed E-state index contributed by atoms with van der Waals surface area (Å²) < 4.78 is 7.39. The second kappa shape index (κ2) is 6.54. The van der Waals surface area contributed by atoms with E-state index in [9.17, 15) is 4.79 Å². The van der Waals surface area contributed by atoms with Crippen LogP contribution in [0.4, 0.5) is 5.69 Å². The van der Waals surface area contributed by atoms with Crippen LogP contribution in [0, 0.1) is 20.8 Å². The molecule has 0 saturated carbocycles. The summed E-state index contributed by atoms with van der Waals surface area (Å²) in [6, 6.07) is 8.28. The number of carbonyl (C=O) groups is 1. The second-order valence-electron chi connectivity index (χ2n) is 6.12. The smallest absolute Gasteiger partial charge is 0.253 e. The van der Waals surface area contributed by atoms with Crippen molar-refractivity contribution in [2.45, 2.75) is 46.3 Å². The van der Waals surface area contributed by atoms with Crippen molar-refractivity contribution in [2.75, 3.05) is 11.9 Å². The molecule has 2 aromatic rings. The maximum absolute atomic E-state index is 12.3. The Morgan fingerprint density at radius 2 is 2.13 bits per heavy atom. The van der Waals surface area contributed by atoms with Crippen LogP contribution in [-0.4, -0.2) is 28.4 Å². The Morgan fingerprint density at radius 1 is 1.35 bits per heavy atom. The number of rotatable bonds is 4. The van der Waals surface area contributed by atoms with Crippen molar-refractivity contribution in [3.8, 4) is 0 Å². The number of carbonyl (C=O) groups excluding carboxylic acids is 1. The number of nitrogens with one attached hydrogen (secondary N) is 1. The molecule has 1 unspecified atom stereocenters. The maximum atomic E-state index is 12.3. The summed E-state index contributed by atoms with van der Waals surface area (Å²) in [4.78, 5) is 12.3. The van der Waals surface area contributed by atoms with E-state index in [0.29, 0.717) is 13.2 Å². The Morgan fingerprint density at radius 3 is 2.83 bits per heavy atom. The molecular weight excluding hydrogens is 290 g/mol. The van der Waals surface area contributed by atoms with E-state index in [0.717, 1.165) is 29.9 Å². The van der Waals surface area contributed by atoms with Gasteiger partial charge in [0.15, 0.2) is 0 Å². The first-order chi connectivity index (χ1) is 11.1. The van der Waals surface area contributed by atoms with E-state index >= 15 is 0 Å². The monoisotopic (exact) mass is 313 g/mol. The lowest BCUT2D eigenvalue weighted by Crippen LogP contribution is -2.27. The topological polar surface area (TPSA) is 56.2 Å². The fraction of sp³-hybridized carbons (Fsp3) is 0.444. The van der Waals surface area contributed by atoms with Gasteiger partial charge in [-0.3, -0.25) is 9.48 Å². The van der Waals surface area contributed by atoms with Crippen molar-refractivity contribution >= 4 is 11.6 Å². The normalized spacial score (nSPS) is 17.4. The third-order valence-electron chi connectivity index (χ3n) is 4.43. The van der Waals surface area contributed by atoms with Crippen molar-refractivity contribution in [1.82, 2.24) is 9.78 Å². The van der Waals surface area contributed by atoms with Gasteiger partial charge in [-0.25, -0.2) is 0 Å². The van der Waals surface area contributed by atoms with Gasteiger partial charge >= 0.3 is 0 Å². The molecule has 122 valence electrons. The van der Waals surface area contributed by atoms with Gasteiger partial charge in [0, 0.05) is 6.61 Å². The second-order valence-corrected chi connectivity index (χ2v) is 6.12. The SMILES string of the molecule is Cc1ccccc1Cn1nc(C)c(NC(=O)C2CCCO2)c1C. The molecule has 1 N–H and O–H groups in total. The van der Waals surface area contributed by atoms with E-state index < -0.39 is 0 Å². The lowest BCUT2D eigenvalue weighted by Gasteiger charge is -2.11. The Balaban J connectivity index is 1.79. The molecule has 0 spiro atoms. The Hall–Kier alpha value is -2.14. The molecule has 23 heavy (non-hydrogen) atoms. The molecule has 5 heteroatoms. The number of hydrogen-bond donors (Lipinski definition) is 1. The van der Waals surface area contributed by atoms with Gasteiger partial charge in [0.25, 0.3) is 5.91 Å². The van der Waals surface area contributed by atoms with Gasteiger partial charge in [-0.1, -0.05) is 24.3 Å². The van der Waals surface area contributed by atoms with Gasteiger partial charge in [-0.2, -0.15) is 5.10 Å². The Labute approximate surface area is 136 Å². The quantitative estimate of drug-likeness (QED) is 0.944. The molecule has 1 fully saturated rings. The molecule has 1 aromatic carbocycles. The predicted molar refractivity (Wildman–Crippen MR) is 89.6 cm³/mol. The zero-order valence-corrected chi connectivity index (χ0v) is 13.9. The standard InChI is InChI=1S/C18H23N3O2/c1-12-7-4-5-8-15(12)11-21-14(3)17(13(2)20-21)19-18(22)16-9-6-10-23-16/h4-5,7-8,16H,6,9-11H2,1-3H3,(H,19,22). The van der Waals surface area contributed by atoms with Crippen LogP contribution in [0.2, 0.25) is 0 Å². The third-order valence-corrected chi connectivity index (χ3v) is 4.43. The van der Waals surface area contributed by atoms with Crippen molar-refractivity contribution in [3.05, 3.63) is 46.8 Å². The summed E-state index contributed by atoms with van der Waals surface area (Å²) in [5, 5.41) is 7.58. The molecule has 1 saturated heterocycles. The summed E-state index contributed by atoms with van der Waals surface area (Å²) in [6.45, 7) is 7.38. The van der Waals surface area contributed by atoms with Crippen LogP contribution in [0.3, 0.4) is 0 Å². The maximum Gasteiger partial charge on any atom is 0.253 e. The van der Waals surface area contributed by atoms with Crippen molar-refractivity contribution in [2.24, 2.45) is 0 Å². The average Bonchev–Trinajstić information content (AvgIpc) is 3.14. The lowest BCUT2D eigenvalue weighted by atomic mass is 10.1. The Kier molecular flexibility index (Phi) is 4.48. The summed E-state index contributed by atoms with van der Waals surface area (Å²) >= 11 is 0. The highest BCUT2D eigenvalue weighted by Gasteiger charge is 2.25. The van der Waals surface area contributed by atoms with E-state index in [-0.39, 0.29) is 12.0 Å². The molecule has 1 aliphatic rings. The summed E-state index contributed by atoms with van der Waals surface area (Å²) in [5.74, 6) is -0.0656. The van der Waals surface area contributed by atoms with Gasteiger partial charge in [-0.15, -0.1) is 0 Å². The highest BCUT2D eigenvalue weighted by atomic mass is 16.5. The minimum Gasteiger partial charge on any atom is -0.368 e. The van der Waals surface area contributed by atoms with Gasteiger partial charge in [-0.05, 0) is 44.7 Å². The first-order valence-corrected chi connectivity index (χ1v) is 8.07. The van der Waals surface area contributed by atoms with Crippen LogP contribution in [0.1, 0.15) is 35.4 Å². The predicted octanol–water partition coefficient (Wildman–Crippen LogP) is 2.97. The van der Waals surface area contributed by atoms with Gasteiger partial charge in [0.1, 0.15) is 6.10 Å². The molecule has 0 bridgehead atoms. The van der Waals surface area contributed by atoms with E-state index in [1.165, 1.54) is 11.1 Å². The van der Waals surface area contributed by atoms with Crippen LogP contribution in [0.25, 0.3) is 0 Å². The van der Waals surface area contributed by atoms with Crippen LogP contribution in [-0.2, 0) is 16.1 Å². The fourth-order valence-electron chi connectivity index (χ4n) is 2.97. The van der Waals surface area contributed by atoms with E-state index in [1.54, 1.807) is 0 Å². The lowest BCUT2D eigenvalue weighted by molar-refractivity contribution is -0.124. The molecule has 1 aliphatic heterocycles. The van der Waals surface area contributed by atoms with Gasteiger partial charge < -0.3 is 10.1 Å². The van der Waals surface area contributed by atoms with Crippen molar-refractivity contribution in [3.63, 3.8) is 0 Å². The molecule has 3 rings (SSSR count). The largest absolute Gasteiger partial charge is 0.368 e. The minimum absolute atomic E-state index is 0.0656. The van der Waals surface area contributed by atoms with Crippen molar-refractivity contribution in [1.29, 1.82) is 0 Å². The third kappa shape index (κ3) is 3.29. The number of hydrogen-bond acceptors (Lipinski definition) is 3. The molecular formula is C18H23N3O2. The van der Waals surface area contributed by atoms with Crippen LogP contribution < -0.4 is 5.32 Å². The van der Waals surface area contributed by atoms with Crippen LogP contribution in [0.15, 0.2) is 24.3 Å². The number of aromatic nitrogens is 2. The zero-order valence-electron chi connectivity index (χ0n) is 13.9. The fourth-order valence-corrected chi connectivity index (χ4v) is 2.97. The molecule has 1 aromatic heterocycles. The van der Waals surface area contributed by atoms with E-state index in [1.807, 2.05) is 30.7 Å². The highest BCUT2D eigenvalue weighted by molar-refractivity contribution is 5.95. The highest BCUT2D eigenvalue weighted by Crippen LogP contribution is 2.23. The van der Waals surface area contributed by atoms with Gasteiger partial charge in [0.2, 0.25) is 0 Å². The molecule has 1 atom stereocenters. The first-order valence-electron chi connectivity index (χ1n) is 8.07. The Bertz CT molecular complexity index is 715. The van der Waals surface area contributed by atoms with Crippen LogP contribution in [0.5, 0.6) is 0 Å². The van der Waals surface area contributed by atoms with Gasteiger partial charge in [0.05, 0.1) is 23.6 Å². The zero-order chi connectivity index (χ0) is 16.4. The summed E-state index contributed by atoms with van der Waals surface area (Å²) in [6.07, 6.45) is 1.41. The first kappa shape index (κ1) is 15.7. The molecule has 2 heterocycles. The van der Waals surface area contributed by atoms with Crippen LogP contribution >= 0.6 is 0 Å². The number of ether oxygens (including phenoxy) is 1. The summed E-state index contributed by atoms with van der Waals surface area (Å²) in [5.41, 5.74) is 5.08. The number of anilines is 1. The number of benzene rings is 1. The molecule has 0 aliphatic carbocycles. The molecule has 5 nitrogen and oxygen atoms in total. The number of amides is 1. The number of nitrogens with zero attached hydrogens (tertiary/aromatic N) is 2. The minimum atomic E-state index is -0.325. The average molecular weight is 313 g/mol. The summed E-state index contributed by atoms with van der Waals surface area (Å²) in [7, 11) is 0. The number of aryl methyl sites for hydroxylation is 2. The molecule has 1 amide bonds. The van der Waals surface area contributed by atoms with E-state index in [2.05, 4.69) is 29.5 Å².